The largest absolute Gasteiger partial charge is 0.492 e. The van der Waals surface area contributed by atoms with Crippen LogP contribution in [0.15, 0.2) is 53.5 Å². The maximum absolute atomic E-state index is 5.79. The smallest absolute Gasteiger partial charge is 0.229 e. The van der Waals surface area contributed by atoms with Crippen molar-refractivity contribution in [1.82, 2.24) is 19.5 Å². The molecule has 0 amide bonds. The van der Waals surface area contributed by atoms with Crippen molar-refractivity contribution in [1.29, 1.82) is 0 Å². The molecule has 5 rings (SSSR count). The number of ether oxygens (including phenoxy) is 2. The van der Waals surface area contributed by atoms with Crippen molar-refractivity contribution in [2.75, 3.05) is 49.7 Å². The number of hydrogen-bond donors (Lipinski definition) is 1. The van der Waals surface area contributed by atoms with Gasteiger partial charge < -0.3 is 19.7 Å². The van der Waals surface area contributed by atoms with Gasteiger partial charge in [-0.05, 0) is 23.6 Å². The fraction of sp³-hybridized carbons (Fsp3) is 0.286. The van der Waals surface area contributed by atoms with Gasteiger partial charge in [0.05, 0.1) is 25.4 Å². The fourth-order valence-corrected chi connectivity index (χ4v) is 3.98. The Hall–Kier alpha value is -3.17. The summed E-state index contributed by atoms with van der Waals surface area (Å²) in [6.45, 7) is 4.03. The molecule has 1 N–H and O–H groups in total. The van der Waals surface area contributed by atoms with Crippen molar-refractivity contribution in [2.24, 2.45) is 0 Å². The van der Waals surface area contributed by atoms with Crippen molar-refractivity contribution in [3.63, 3.8) is 0 Å². The van der Waals surface area contributed by atoms with E-state index >= 15 is 0 Å². The zero-order valence-corrected chi connectivity index (χ0v) is 17.2. The first-order valence-corrected chi connectivity index (χ1v) is 10.8. The lowest BCUT2D eigenvalue weighted by Crippen LogP contribution is -2.37. The summed E-state index contributed by atoms with van der Waals surface area (Å²) >= 11 is 1.65. The average Bonchev–Trinajstić information content (AvgIpc) is 3.47. The summed E-state index contributed by atoms with van der Waals surface area (Å²) in [6, 6.07) is 11.8. The summed E-state index contributed by atoms with van der Waals surface area (Å²) in [5.41, 5.74) is 2.58. The van der Waals surface area contributed by atoms with Crippen LogP contribution in [0.4, 0.5) is 11.8 Å². The van der Waals surface area contributed by atoms with Gasteiger partial charge in [-0.25, -0.2) is 4.98 Å². The fourth-order valence-electron chi connectivity index (χ4n) is 3.35. The van der Waals surface area contributed by atoms with Crippen LogP contribution in [0.25, 0.3) is 16.9 Å². The van der Waals surface area contributed by atoms with Gasteiger partial charge in [0, 0.05) is 18.5 Å². The van der Waals surface area contributed by atoms with Gasteiger partial charge in [-0.3, -0.25) is 4.57 Å². The Labute approximate surface area is 178 Å². The highest BCUT2D eigenvalue weighted by Crippen LogP contribution is 2.26. The van der Waals surface area contributed by atoms with E-state index in [0.29, 0.717) is 38.1 Å². The van der Waals surface area contributed by atoms with E-state index in [1.807, 2.05) is 40.3 Å². The summed E-state index contributed by atoms with van der Waals surface area (Å²) in [7, 11) is 0. The highest BCUT2D eigenvalue weighted by atomic mass is 32.1. The minimum absolute atomic E-state index is 0.521. The Bertz CT molecular complexity index is 1090. The number of rotatable bonds is 7. The molecule has 1 saturated heterocycles. The van der Waals surface area contributed by atoms with Gasteiger partial charge in [0.15, 0.2) is 17.0 Å². The Morgan fingerprint density at radius 1 is 1.10 bits per heavy atom. The Kier molecular flexibility index (Phi) is 5.45. The third-order valence-corrected chi connectivity index (χ3v) is 5.54. The number of benzene rings is 1. The molecule has 0 unspecified atom stereocenters. The van der Waals surface area contributed by atoms with Crippen molar-refractivity contribution in [3.8, 4) is 11.4 Å². The van der Waals surface area contributed by atoms with Gasteiger partial charge in [0.1, 0.15) is 18.7 Å². The van der Waals surface area contributed by atoms with E-state index in [0.717, 1.165) is 35.7 Å². The maximum atomic E-state index is 5.79. The number of nitrogens with zero attached hydrogens (tertiary/aromatic N) is 5. The van der Waals surface area contributed by atoms with E-state index in [2.05, 4.69) is 26.6 Å². The molecule has 4 aromatic rings. The topological polar surface area (TPSA) is 77.3 Å². The zero-order chi connectivity index (χ0) is 20.2. The number of aromatic nitrogens is 4. The first kappa shape index (κ1) is 18.8. The van der Waals surface area contributed by atoms with E-state index in [-0.39, 0.29) is 0 Å². The molecule has 4 heterocycles. The Morgan fingerprint density at radius 2 is 1.97 bits per heavy atom. The minimum atomic E-state index is 0.521. The number of fused-ring (bicyclic) bond motifs is 1. The molecule has 0 spiro atoms. The quantitative estimate of drug-likeness (QED) is 0.458. The summed E-state index contributed by atoms with van der Waals surface area (Å²) in [5.74, 6) is 2.25. The van der Waals surface area contributed by atoms with Crippen molar-refractivity contribution >= 4 is 34.3 Å². The van der Waals surface area contributed by atoms with E-state index in [9.17, 15) is 0 Å². The van der Waals surface area contributed by atoms with E-state index in [4.69, 9.17) is 19.4 Å². The third kappa shape index (κ3) is 3.94. The molecular weight excluding hydrogens is 400 g/mol. The van der Waals surface area contributed by atoms with Crippen LogP contribution >= 0.6 is 11.3 Å². The molecule has 30 heavy (non-hydrogen) atoms. The highest BCUT2D eigenvalue weighted by molar-refractivity contribution is 7.08. The second kappa shape index (κ2) is 8.68. The van der Waals surface area contributed by atoms with Gasteiger partial charge in [0.2, 0.25) is 5.95 Å². The number of nitrogens with one attached hydrogen (secondary N) is 1. The molecule has 1 fully saturated rings. The molecule has 1 aliphatic heterocycles. The van der Waals surface area contributed by atoms with Gasteiger partial charge in [0.25, 0.3) is 0 Å². The SMILES string of the molecule is c1ccc(OCCNc2nc(N3CCOCC3)nc3c2ncn3-c2ccsc2)cc1. The highest BCUT2D eigenvalue weighted by Gasteiger charge is 2.19. The predicted molar refractivity (Wildman–Crippen MR) is 118 cm³/mol. The third-order valence-electron chi connectivity index (χ3n) is 4.87. The van der Waals surface area contributed by atoms with Gasteiger partial charge in [-0.15, -0.1) is 0 Å². The molecular formula is C21H22N6O2S. The van der Waals surface area contributed by atoms with Crippen LogP contribution in [0.3, 0.4) is 0 Å². The Morgan fingerprint density at radius 3 is 2.77 bits per heavy atom. The maximum Gasteiger partial charge on any atom is 0.229 e. The van der Waals surface area contributed by atoms with Crippen molar-refractivity contribution < 1.29 is 9.47 Å². The van der Waals surface area contributed by atoms with E-state index in [1.54, 1.807) is 17.7 Å². The van der Waals surface area contributed by atoms with E-state index < -0.39 is 0 Å². The van der Waals surface area contributed by atoms with Gasteiger partial charge in [-0.2, -0.15) is 21.3 Å². The lowest BCUT2D eigenvalue weighted by atomic mass is 10.3. The van der Waals surface area contributed by atoms with Crippen LogP contribution in [0.1, 0.15) is 0 Å². The molecule has 0 bridgehead atoms. The first-order chi connectivity index (χ1) is 14.9. The lowest BCUT2D eigenvalue weighted by molar-refractivity contribution is 0.122. The molecule has 0 saturated carbocycles. The average molecular weight is 423 g/mol. The molecule has 1 aliphatic rings. The van der Waals surface area contributed by atoms with Crippen LogP contribution in [0.2, 0.25) is 0 Å². The van der Waals surface area contributed by atoms with Gasteiger partial charge in [-0.1, -0.05) is 18.2 Å². The van der Waals surface area contributed by atoms with Crippen molar-refractivity contribution in [3.05, 3.63) is 53.5 Å². The number of morpholine rings is 1. The second-order valence-electron chi connectivity index (χ2n) is 6.83. The summed E-state index contributed by atoms with van der Waals surface area (Å²) in [4.78, 5) is 16.4. The Balaban J connectivity index is 1.42. The second-order valence-corrected chi connectivity index (χ2v) is 7.61. The number of imidazole rings is 1. The zero-order valence-electron chi connectivity index (χ0n) is 16.4. The standard InChI is InChI=1S/C21H22N6O2S/c1-2-4-17(5-3-1)29-10-7-22-19-18-20(27(15-23-18)16-6-13-30-14-16)25-21(24-19)26-8-11-28-12-9-26/h1-6,13-15H,7-12H2,(H,22,24,25). The molecule has 0 radical (unpaired) electrons. The molecule has 8 nitrogen and oxygen atoms in total. The van der Waals surface area contributed by atoms with Crippen LogP contribution in [0, 0.1) is 0 Å². The van der Waals surface area contributed by atoms with Crippen LogP contribution in [-0.4, -0.2) is 59.0 Å². The van der Waals surface area contributed by atoms with Gasteiger partial charge >= 0.3 is 0 Å². The number of para-hydroxylation sites is 1. The number of thiophene rings is 1. The molecule has 154 valence electrons. The normalized spacial score (nSPS) is 14.2. The lowest BCUT2D eigenvalue weighted by Gasteiger charge is -2.27. The van der Waals surface area contributed by atoms with Crippen molar-refractivity contribution in [2.45, 2.75) is 0 Å². The molecule has 0 aliphatic carbocycles. The number of hydrogen-bond acceptors (Lipinski definition) is 8. The predicted octanol–water partition coefficient (Wildman–Crippen LogP) is 3.20. The summed E-state index contributed by atoms with van der Waals surface area (Å²) in [6.07, 6.45) is 1.80. The summed E-state index contributed by atoms with van der Waals surface area (Å²) < 4.78 is 13.3. The summed E-state index contributed by atoms with van der Waals surface area (Å²) in [5, 5.41) is 7.52. The molecule has 9 heteroatoms. The van der Waals surface area contributed by atoms with Crippen LogP contribution < -0.4 is 15.0 Å². The number of anilines is 2. The molecule has 3 aromatic heterocycles. The molecule has 0 atom stereocenters. The van der Waals surface area contributed by atoms with Crippen LogP contribution in [-0.2, 0) is 4.74 Å². The van der Waals surface area contributed by atoms with Crippen LogP contribution in [0.5, 0.6) is 5.75 Å². The first-order valence-electron chi connectivity index (χ1n) is 9.90. The minimum Gasteiger partial charge on any atom is -0.492 e. The monoisotopic (exact) mass is 422 g/mol. The van der Waals surface area contributed by atoms with E-state index in [1.165, 1.54) is 0 Å². The molecule has 1 aromatic carbocycles.